The first kappa shape index (κ1) is 13.8. The molecule has 0 amide bonds. The summed E-state index contributed by atoms with van der Waals surface area (Å²) < 4.78 is 12.0. The number of nitriles is 1. The summed E-state index contributed by atoms with van der Waals surface area (Å²) in [5.74, 6) is 1.97. The number of rotatable bonds is 3. The molecule has 0 saturated heterocycles. The number of hydrogen-bond donors (Lipinski definition) is 2. The molecule has 0 saturated carbocycles. The number of nitrogens with one attached hydrogen (secondary N) is 1. The molecule has 8 heteroatoms. The highest BCUT2D eigenvalue weighted by Gasteiger charge is 2.30. The first-order chi connectivity index (χ1) is 10.7. The topological polar surface area (TPSA) is 111 Å². The number of nitrogens with zero attached hydrogens (tertiary/aromatic N) is 4. The third-order valence-corrected chi connectivity index (χ3v) is 3.49. The lowest BCUT2D eigenvalue weighted by Gasteiger charge is -2.26. The van der Waals surface area contributed by atoms with Crippen LogP contribution < -0.4 is 20.5 Å². The Morgan fingerprint density at radius 2 is 2.18 bits per heavy atom. The second kappa shape index (κ2) is 5.29. The molecule has 0 bridgehead atoms. The Bertz CT molecular complexity index is 789. The molecule has 1 unspecified atom stereocenters. The zero-order valence-corrected chi connectivity index (χ0v) is 12.1. The van der Waals surface area contributed by atoms with E-state index >= 15 is 0 Å². The fourth-order valence-corrected chi connectivity index (χ4v) is 2.39. The van der Waals surface area contributed by atoms with Gasteiger partial charge in [-0.2, -0.15) is 20.0 Å². The van der Waals surface area contributed by atoms with Crippen molar-refractivity contribution in [2.24, 2.45) is 5.73 Å². The van der Waals surface area contributed by atoms with Crippen molar-refractivity contribution in [2.45, 2.75) is 6.04 Å². The van der Waals surface area contributed by atoms with Gasteiger partial charge in [-0.1, -0.05) is 0 Å². The molecule has 112 valence electrons. The number of methoxy groups -OCH3 is 2. The van der Waals surface area contributed by atoms with Crippen molar-refractivity contribution in [1.29, 1.82) is 5.26 Å². The minimum atomic E-state index is -0.470. The Kier molecular flexibility index (Phi) is 3.31. The zero-order chi connectivity index (χ0) is 15.7. The number of benzene rings is 1. The quantitative estimate of drug-likeness (QED) is 0.873. The van der Waals surface area contributed by atoms with Gasteiger partial charge >= 0.3 is 0 Å². The number of fused-ring (bicyclic) bond motifs is 1. The van der Waals surface area contributed by atoms with Gasteiger partial charge in [0.2, 0.25) is 5.95 Å². The van der Waals surface area contributed by atoms with E-state index in [0.717, 1.165) is 5.56 Å². The lowest BCUT2D eigenvalue weighted by molar-refractivity contribution is 0.390. The number of aromatic nitrogens is 3. The number of nitrogens with two attached hydrogens (primary N) is 1. The van der Waals surface area contributed by atoms with Gasteiger partial charge in [0.05, 0.1) is 25.8 Å². The largest absolute Gasteiger partial charge is 0.497 e. The molecule has 1 aliphatic heterocycles. The van der Waals surface area contributed by atoms with Crippen LogP contribution in [0.4, 0.5) is 5.95 Å². The van der Waals surface area contributed by atoms with Gasteiger partial charge in [-0.15, -0.1) is 0 Å². The normalized spacial score (nSPS) is 16.5. The highest BCUT2D eigenvalue weighted by molar-refractivity contribution is 5.66. The fraction of sp³-hybridized carbons (Fsp3) is 0.214. The summed E-state index contributed by atoms with van der Waals surface area (Å²) in [5, 5.41) is 16.6. The minimum Gasteiger partial charge on any atom is -0.497 e. The lowest BCUT2D eigenvalue weighted by Crippen LogP contribution is -2.27. The molecule has 22 heavy (non-hydrogen) atoms. The Balaban J connectivity index is 2.13. The highest BCUT2D eigenvalue weighted by atomic mass is 16.5. The zero-order valence-electron chi connectivity index (χ0n) is 12.1. The summed E-state index contributed by atoms with van der Waals surface area (Å²) >= 11 is 0. The van der Waals surface area contributed by atoms with Gasteiger partial charge in [0.25, 0.3) is 0 Å². The second-order valence-corrected chi connectivity index (χ2v) is 4.59. The number of ether oxygens (including phenoxy) is 2. The SMILES string of the molecule is COc1ccc(C2Nc3ncnn3C(N)=C2C#N)c(OC)c1. The van der Waals surface area contributed by atoms with E-state index in [1.807, 2.05) is 6.07 Å². The molecule has 0 fully saturated rings. The highest BCUT2D eigenvalue weighted by Crippen LogP contribution is 2.38. The average Bonchev–Trinajstić information content (AvgIpc) is 3.03. The van der Waals surface area contributed by atoms with Gasteiger partial charge < -0.3 is 20.5 Å². The predicted molar refractivity (Wildman–Crippen MR) is 78.9 cm³/mol. The molecule has 0 spiro atoms. The molecule has 8 nitrogen and oxygen atoms in total. The van der Waals surface area contributed by atoms with Crippen molar-refractivity contribution in [3.05, 3.63) is 35.7 Å². The van der Waals surface area contributed by atoms with Crippen molar-refractivity contribution >= 4 is 11.8 Å². The third kappa shape index (κ3) is 2.00. The molecular weight excluding hydrogens is 284 g/mol. The van der Waals surface area contributed by atoms with Crippen LogP contribution in [0.2, 0.25) is 0 Å². The van der Waals surface area contributed by atoms with Gasteiger partial charge in [0.1, 0.15) is 29.7 Å². The first-order valence-corrected chi connectivity index (χ1v) is 6.48. The Labute approximate surface area is 126 Å². The molecule has 0 aliphatic carbocycles. The molecule has 1 atom stereocenters. The van der Waals surface area contributed by atoms with Crippen LogP contribution in [0.1, 0.15) is 11.6 Å². The van der Waals surface area contributed by atoms with E-state index in [2.05, 4.69) is 21.5 Å². The maximum absolute atomic E-state index is 9.47. The molecule has 1 aliphatic rings. The summed E-state index contributed by atoms with van der Waals surface area (Å²) in [4.78, 5) is 4.09. The van der Waals surface area contributed by atoms with Crippen LogP contribution >= 0.6 is 0 Å². The van der Waals surface area contributed by atoms with Crippen LogP contribution in [0.25, 0.3) is 5.82 Å². The Morgan fingerprint density at radius 1 is 1.36 bits per heavy atom. The van der Waals surface area contributed by atoms with Crippen molar-refractivity contribution in [1.82, 2.24) is 14.8 Å². The summed E-state index contributed by atoms with van der Waals surface area (Å²) in [6.45, 7) is 0. The molecule has 3 rings (SSSR count). The van der Waals surface area contributed by atoms with E-state index < -0.39 is 6.04 Å². The Morgan fingerprint density at radius 3 is 2.86 bits per heavy atom. The third-order valence-electron chi connectivity index (χ3n) is 3.49. The van der Waals surface area contributed by atoms with Crippen molar-refractivity contribution < 1.29 is 9.47 Å². The molecule has 1 aromatic heterocycles. The van der Waals surface area contributed by atoms with E-state index in [4.69, 9.17) is 15.2 Å². The van der Waals surface area contributed by atoms with E-state index in [0.29, 0.717) is 23.0 Å². The maximum atomic E-state index is 9.47. The minimum absolute atomic E-state index is 0.247. The molecule has 2 aromatic rings. The van der Waals surface area contributed by atoms with Gasteiger partial charge in [0, 0.05) is 11.6 Å². The van der Waals surface area contributed by atoms with E-state index in [1.54, 1.807) is 26.4 Å². The molecule has 3 N–H and O–H groups in total. The molecule has 2 heterocycles. The van der Waals surface area contributed by atoms with Crippen LogP contribution in [0.3, 0.4) is 0 Å². The Hall–Kier alpha value is -3.21. The summed E-state index contributed by atoms with van der Waals surface area (Å²) in [5.41, 5.74) is 7.14. The number of hydrogen-bond acceptors (Lipinski definition) is 7. The first-order valence-electron chi connectivity index (χ1n) is 6.48. The lowest BCUT2D eigenvalue weighted by atomic mass is 9.97. The molecule has 1 aromatic carbocycles. The van der Waals surface area contributed by atoms with Crippen LogP contribution in [0.15, 0.2) is 30.1 Å². The van der Waals surface area contributed by atoms with Crippen LogP contribution in [0.5, 0.6) is 11.5 Å². The summed E-state index contributed by atoms with van der Waals surface area (Å²) in [7, 11) is 3.14. The van der Waals surface area contributed by atoms with E-state index in [-0.39, 0.29) is 5.82 Å². The molecular formula is C14H14N6O2. The van der Waals surface area contributed by atoms with Gasteiger partial charge in [-0.3, -0.25) is 0 Å². The average molecular weight is 298 g/mol. The maximum Gasteiger partial charge on any atom is 0.228 e. The standard InChI is InChI=1S/C14H14N6O2/c1-21-8-3-4-9(11(5-8)22-2)12-10(6-15)13(16)20-14(19-12)17-7-18-20/h3-5,7,12H,16H2,1-2H3,(H,17,18,19). The van der Waals surface area contributed by atoms with Gasteiger partial charge in [-0.25, -0.2) is 0 Å². The van der Waals surface area contributed by atoms with Crippen molar-refractivity contribution in [3.63, 3.8) is 0 Å². The monoisotopic (exact) mass is 298 g/mol. The fourth-order valence-electron chi connectivity index (χ4n) is 2.39. The van der Waals surface area contributed by atoms with E-state index in [9.17, 15) is 5.26 Å². The van der Waals surface area contributed by atoms with Crippen LogP contribution in [-0.2, 0) is 0 Å². The number of anilines is 1. The summed E-state index contributed by atoms with van der Waals surface area (Å²) in [6, 6.07) is 7.03. The van der Waals surface area contributed by atoms with Crippen LogP contribution in [0, 0.1) is 11.3 Å². The smallest absolute Gasteiger partial charge is 0.228 e. The van der Waals surface area contributed by atoms with Gasteiger partial charge in [-0.05, 0) is 12.1 Å². The summed E-state index contributed by atoms with van der Waals surface area (Å²) in [6.07, 6.45) is 1.37. The van der Waals surface area contributed by atoms with Crippen molar-refractivity contribution in [3.8, 4) is 17.6 Å². The predicted octanol–water partition coefficient (Wildman–Crippen LogP) is 1.11. The molecule has 0 radical (unpaired) electrons. The van der Waals surface area contributed by atoms with Crippen LogP contribution in [-0.4, -0.2) is 29.0 Å². The van der Waals surface area contributed by atoms with Crippen molar-refractivity contribution in [2.75, 3.05) is 19.5 Å². The van der Waals surface area contributed by atoms with Gasteiger partial charge in [0.15, 0.2) is 0 Å². The second-order valence-electron chi connectivity index (χ2n) is 4.59. The van der Waals surface area contributed by atoms with E-state index in [1.165, 1.54) is 11.0 Å².